The van der Waals surface area contributed by atoms with Crippen LogP contribution in [0, 0.1) is 0 Å². The summed E-state index contributed by atoms with van der Waals surface area (Å²) in [6.45, 7) is 2.38. The van der Waals surface area contributed by atoms with Gasteiger partial charge >= 0.3 is 0 Å². The summed E-state index contributed by atoms with van der Waals surface area (Å²) in [5.74, 6) is -0.154. The summed E-state index contributed by atoms with van der Waals surface area (Å²) in [5, 5.41) is 3.20. The topological polar surface area (TPSA) is 69.7 Å². The number of amides is 1. The van der Waals surface area contributed by atoms with E-state index < -0.39 is 10.0 Å². The molecule has 2 aliphatic rings. The summed E-state index contributed by atoms with van der Waals surface area (Å²) in [6, 6.07) is 5.22. The van der Waals surface area contributed by atoms with Crippen molar-refractivity contribution >= 4 is 15.9 Å². The summed E-state index contributed by atoms with van der Waals surface area (Å²) < 4.78 is 26.7. The van der Waals surface area contributed by atoms with E-state index in [1.807, 2.05) is 6.07 Å². The third kappa shape index (κ3) is 2.68. The van der Waals surface area contributed by atoms with Crippen molar-refractivity contribution in [2.45, 2.75) is 24.4 Å². The van der Waals surface area contributed by atoms with Crippen molar-refractivity contribution in [3.63, 3.8) is 0 Å². The van der Waals surface area contributed by atoms with Crippen molar-refractivity contribution in [1.82, 2.24) is 14.5 Å². The molecule has 3 rings (SSSR count). The smallest absolute Gasteiger partial charge is 0.243 e. The van der Waals surface area contributed by atoms with Gasteiger partial charge in [-0.2, -0.15) is 4.31 Å². The second kappa shape index (κ2) is 5.40. The molecule has 0 atom stereocenters. The average Bonchev–Trinajstić information content (AvgIpc) is 2.85. The van der Waals surface area contributed by atoms with Gasteiger partial charge in [-0.3, -0.25) is 4.79 Å². The number of sulfonamides is 1. The Bertz CT molecular complexity index is 672. The van der Waals surface area contributed by atoms with Gasteiger partial charge < -0.3 is 10.2 Å². The number of likely N-dealkylation sites (N-methyl/N-ethyl adjacent to an activating group) is 1. The molecule has 2 aliphatic heterocycles. The number of nitrogens with zero attached hydrogens (tertiary/aromatic N) is 2. The molecule has 0 aliphatic carbocycles. The number of hydrogen-bond donors (Lipinski definition) is 1. The molecule has 1 saturated heterocycles. The lowest BCUT2D eigenvalue weighted by Crippen LogP contribution is -2.38. The van der Waals surface area contributed by atoms with E-state index in [2.05, 4.69) is 5.32 Å². The van der Waals surface area contributed by atoms with E-state index in [1.165, 1.54) is 4.31 Å². The maximum Gasteiger partial charge on any atom is 0.243 e. The summed E-state index contributed by atoms with van der Waals surface area (Å²) in [6.07, 6.45) is 0.661. The van der Waals surface area contributed by atoms with Crippen LogP contribution in [0.3, 0.4) is 0 Å². The van der Waals surface area contributed by atoms with Crippen molar-refractivity contribution in [2.24, 2.45) is 0 Å². The maximum absolute atomic E-state index is 12.7. The van der Waals surface area contributed by atoms with Gasteiger partial charge in [0, 0.05) is 33.2 Å². The van der Waals surface area contributed by atoms with Crippen LogP contribution in [-0.2, 0) is 27.9 Å². The van der Waals surface area contributed by atoms with Crippen LogP contribution in [0.2, 0.25) is 0 Å². The predicted molar refractivity (Wildman–Crippen MR) is 78.0 cm³/mol. The number of carbonyl (C=O) groups excluding carboxylic acids is 1. The molecule has 0 spiro atoms. The van der Waals surface area contributed by atoms with E-state index in [-0.39, 0.29) is 17.3 Å². The third-order valence-electron chi connectivity index (χ3n) is 4.08. The summed E-state index contributed by atoms with van der Waals surface area (Å²) >= 11 is 0. The first kappa shape index (κ1) is 14.5. The van der Waals surface area contributed by atoms with E-state index >= 15 is 0 Å². The lowest BCUT2D eigenvalue weighted by molar-refractivity contribution is -0.129. The molecule has 1 N–H and O–H groups in total. The Balaban J connectivity index is 1.91. The van der Waals surface area contributed by atoms with E-state index in [9.17, 15) is 13.2 Å². The first-order chi connectivity index (χ1) is 9.98. The Kier molecular flexibility index (Phi) is 3.73. The Hall–Kier alpha value is -1.44. The van der Waals surface area contributed by atoms with Gasteiger partial charge in [-0.05, 0) is 29.7 Å². The molecule has 1 fully saturated rings. The van der Waals surface area contributed by atoms with Crippen molar-refractivity contribution in [2.75, 3.05) is 26.7 Å². The Morgan fingerprint density at radius 3 is 2.71 bits per heavy atom. The van der Waals surface area contributed by atoms with Crippen LogP contribution in [0.1, 0.15) is 17.5 Å². The lowest BCUT2D eigenvalue weighted by atomic mass is 10.1. The highest BCUT2D eigenvalue weighted by atomic mass is 32.2. The minimum absolute atomic E-state index is 0.0752. The molecule has 21 heavy (non-hydrogen) atoms. The molecule has 114 valence electrons. The van der Waals surface area contributed by atoms with E-state index in [0.717, 1.165) is 17.7 Å². The second-order valence-electron chi connectivity index (χ2n) is 5.54. The van der Waals surface area contributed by atoms with Crippen LogP contribution in [0.25, 0.3) is 0 Å². The van der Waals surface area contributed by atoms with Crippen LogP contribution in [-0.4, -0.2) is 50.2 Å². The van der Waals surface area contributed by atoms with Crippen molar-refractivity contribution in [3.05, 3.63) is 29.3 Å². The van der Waals surface area contributed by atoms with Crippen molar-refractivity contribution < 1.29 is 13.2 Å². The Morgan fingerprint density at radius 2 is 1.90 bits per heavy atom. The molecule has 0 saturated carbocycles. The highest BCUT2D eigenvalue weighted by molar-refractivity contribution is 7.89. The fourth-order valence-electron chi connectivity index (χ4n) is 2.75. The van der Waals surface area contributed by atoms with Crippen LogP contribution in [0.5, 0.6) is 0 Å². The van der Waals surface area contributed by atoms with E-state index in [0.29, 0.717) is 26.1 Å². The molecule has 6 nitrogen and oxygen atoms in total. The molecular formula is C14H19N3O3S. The molecule has 2 heterocycles. The van der Waals surface area contributed by atoms with E-state index in [4.69, 9.17) is 0 Å². The number of hydrogen-bond acceptors (Lipinski definition) is 4. The molecule has 0 unspecified atom stereocenters. The van der Waals surface area contributed by atoms with Crippen molar-refractivity contribution in [1.29, 1.82) is 0 Å². The first-order valence-corrected chi connectivity index (χ1v) is 8.49. The summed E-state index contributed by atoms with van der Waals surface area (Å²) in [5.41, 5.74) is 2.16. The standard InChI is InChI=1S/C14H19N3O3S/c1-16-5-2-6-17(10-14(16)18)21(19,20)13-4-3-11-8-15-9-12(11)7-13/h3-4,7,15H,2,5-6,8-10H2,1H3. The molecule has 0 radical (unpaired) electrons. The number of rotatable bonds is 2. The number of fused-ring (bicyclic) bond motifs is 1. The zero-order valence-corrected chi connectivity index (χ0v) is 12.8. The third-order valence-corrected chi connectivity index (χ3v) is 5.93. The van der Waals surface area contributed by atoms with Gasteiger partial charge in [0.05, 0.1) is 11.4 Å². The SMILES string of the molecule is CN1CCCN(S(=O)(=O)c2ccc3c(c2)CNC3)CC1=O. The van der Waals surface area contributed by atoms with Gasteiger partial charge in [-0.25, -0.2) is 8.42 Å². The molecule has 0 aromatic heterocycles. The molecule has 1 amide bonds. The number of benzene rings is 1. The maximum atomic E-state index is 12.7. The normalized spacial score (nSPS) is 20.4. The van der Waals surface area contributed by atoms with Gasteiger partial charge in [0.15, 0.2) is 0 Å². The van der Waals surface area contributed by atoms with Gasteiger partial charge in [0.1, 0.15) is 0 Å². The zero-order valence-electron chi connectivity index (χ0n) is 12.0. The Labute approximate surface area is 124 Å². The van der Waals surface area contributed by atoms with Crippen LogP contribution in [0.15, 0.2) is 23.1 Å². The van der Waals surface area contributed by atoms with Crippen LogP contribution < -0.4 is 5.32 Å². The average molecular weight is 309 g/mol. The number of carbonyl (C=O) groups is 1. The fourth-order valence-corrected chi connectivity index (χ4v) is 4.22. The highest BCUT2D eigenvalue weighted by Gasteiger charge is 2.30. The van der Waals surface area contributed by atoms with Crippen LogP contribution >= 0.6 is 0 Å². The zero-order chi connectivity index (χ0) is 15.0. The summed E-state index contributed by atoms with van der Waals surface area (Å²) in [7, 11) is -1.90. The molecule has 7 heteroatoms. The number of nitrogens with one attached hydrogen (secondary N) is 1. The van der Waals surface area contributed by atoms with Gasteiger partial charge in [0.2, 0.25) is 15.9 Å². The van der Waals surface area contributed by atoms with Gasteiger partial charge in [-0.1, -0.05) is 6.07 Å². The minimum atomic E-state index is -3.61. The molecule has 1 aromatic rings. The molecular weight excluding hydrogens is 290 g/mol. The highest BCUT2D eigenvalue weighted by Crippen LogP contribution is 2.23. The second-order valence-corrected chi connectivity index (χ2v) is 7.48. The largest absolute Gasteiger partial charge is 0.345 e. The van der Waals surface area contributed by atoms with Crippen LogP contribution in [0.4, 0.5) is 0 Å². The van der Waals surface area contributed by atoms with Crippen molar-refractivity contribution in [3.8, 4) is 0 Å². The van der Waals surface area contributed by atoms with Gasteiger partial charge in [-0.15, -0.1) is 0 Å². The summed E-state index contributed by atoms with van der Waals surface area (Å²) in [4.78, 5) is 13.8. The monoisotopic (exact) mass is 309 g/mol. The first-order valence-electron chi connectivity index (χ1n) is 7.05. The predicted octanol–water partition coefficient (Wildman–Crippen LogP) is 0.143. The molecule has 0 bridgehead atoms. The van der Waals surface area contributed by atoms with Gasteiger partial charge in [0.25, 0.3) is 0 Å². The van der Waals surface area contributed by atoms with E-state index in [1.54, 1.807) is 24.1 Å². The molecule has 1 aromatic carbocycles. The fraction of sp³-hybridized carbons (Fsp3) is 0.500. The minimum Gasteiger partial charge on any atom is -0.345 e. The lowest BCUT2D eigenvalue weighted by Gasteiger charge is -2.20. The Morgan fingerprint density at radius 1 is 1.14 bits per heavy atom. The quantitative estimate of drug-likeness (QED) is 0.844.